The highest BCUT2D eigenvalue weighted by molar-refractivity contribution is 7.16. The Morgan fingerprint density at radius 2 is 2.11 bits per heavy atom. The van der Waals surface area contributed by atoms with Gasteiger partial charge < -0.3 is 9.30 Å². The number of benzene rings is 2. The number of halogens is 2. The number of hydrogen-bond donors (Lipinski definition) is 0. The average molecular weight is 436 g/mol. The van der Waals surface area contributed by atoms with Crippen LogP contribution in [0.4, 0.5) is 5.69 Å². The third-order valence-corrected chi connectivity index (χ3v) is 5.16. The SMILES string of the molecule is C#CCn1c(=NC(=O)COc2ccc(Cl)cc2Cl)sc2cc([N+](=O)[O-])ccc21. The van der Waals surface area contributed by atoms with Crippen molar-refractivity contribution in [3.63, 3.8) is 0 Å². The molecule has 0 spiro atoms. The zero-order chi connectivity index (χ0) is 20.3. The summed E-state index contributed by atoms with van der Waals surface area (Å²) in [6.45, 7) is -0.181. The van der Waals surface area contributed by atoms with Gasteiger partial charge in [-0.1, -0.05) is 40.5 Å². The normalized spacial score (nSPS) is 11.4. The molecular weight excluding hydrogens is 425 g/mol. The third kappa shape index (κ3) is 4.34. The largest absolute Gasteiger partial charge is 0.482 e. The van der Waals surface area contributed by atoms with Gasteiger partial charge in [0.1, 0.15) is 5.75 Å². The zero-order valence-corrected chi connectivity index (χ0v) is 16.4. The van der Waals surface area contributed by atoms with E-state index < -0.39 is 10.8 Å². The van der Waals surface area contributed by atoms with E-state index >= 15 is 0 Å². The molecule has 0 radical (unpaired) electrons. The van der Waals surface area contributed by atoms with Crippen LogP contribution in [0.3, 0.4) is 0 Å². The van der Waals surface area contributed by atoms with Crippen LogP contribution < -0.4 is 9.54 Å². The summed E-state index contributed by atoms with van der Waals surface area (Å²) in [4.78, 5) is 27.1. The minimum absolute atomic E-state index is 0.0554. The van der Waals surface area contributed by atoms with Gasteiger partial charge in [-0.05, 0) is 24.3 Å². The lowest BCUT2D eigenvalue weighted by Crippen LogP contribution is -2.19. The third-order valence-electron chi connectivity index (χ3n) is 3.59. The number of nitrogens with zero attached hydrogens (tertiary/aromatic N) is 3. The first-order valence-electron chi connectivity index (χ1n) is 7.75. The number of rotatable bonds is 5. The van der Waals surface area contributed by atoms with Gasteiger partial charge in [0.05, 0.1) is 26.7 Å². The Kier molecular flexibility index (Phi) is 5.99. The van der Waals surface area contributed by atoms with Crippen molar-refractivity contribution in [2.75, 3.05) is 6.61 Å². The van der Waals surface area contributed by atoms with Crippen LogP contribution in [0.1, 0.15) is 0 Å². The Hall–Kier alpha value is -2.86. The fourth-order valence-electron chi connectivity index (χ4n) is 2.38. The van der Waals surface area contributed by atoms with Gasteiger partial charge in [-0.15, -0.1) is 6.42 Å². The van der Waals surface area contributed by atoms with Crippen LogP contribution in [0.25, 0.3) is 10.2 Å². The van der Waals surface area contributed by atoms with Crippen molar-refractivity contribution in [2.45, 2.75) is 6.54 Å². The van der Waals surface area contributed by atoms with Crippen LogP contribution in [0, 0.1) is 22.5 Å². The number of fused-ring (bicyclic) bond motifs is 1. The molecule has 0 aliphatic heterocycles. The maximum Gasteiger partial charge on any atom is 0.286 e. The summed E-state index contributed by atoms with van der Waals surface area (Å²) in [5, 5.41) is 11.7. The molecule has 28 heavy (non-hydrogen) atoms. The van der Waals surface area contributed by atoms with Gasteiger partial charge in [0, 0.05) is 17.2 Å². The van der Waals surface area contributed by atoms with Crippen molar-refractivity contribution in [1.29, 1.82) is 0 Å². The Balaban J connectivity index is 1.91. The fourth-order valence-corrected chi connectivity index (χ4v) is 3.92. The Bertz CT molecular complexity index is 1190. The van der Waals surface area contributed by atoms with Crippen LogP contribution >= 0.6 is 34.5 Å². The van der Waals surface area contributed by atoms with Crippen molar-refractivity contribution < 1.29 is 14.5 Å². The van der Waals surface area contributed by atoms with E-state index in [2.05, 4.69) is 10.9 Å². The molecule has 0 saturated heterocycles. The molecule has 1 amide bonds. The summed E-state index contributed by atoms with van der Waals surface area (Å²) in [5.74, 6) is 2.23. The number of ether oxygens (including phenoxy) is 1. The molecular formula is C18H11Cl2N3O4S. The minimum atomic E-state index is -0.558. The second-order valence-corrected chi connectivity index (χ2v) is 7.31. The van der Waals surface area contributed by atoms with E-state index in [1.807, 2.05) is 0 Å². The van der Waals surface area contributed by atoms with Crippen LogP contribution in [-0.2, 0) is 11.3 Å². The molecule has 142 valence electrons. The smallest absolute Gasteiger partial charge is 0.286 e. The first-order valence-corrected chi connectivity index (χ1v) is 9.33. The van der Waals surface area contributed by atoms with E-state index in [-0.39, 0.29) is 23.9 Å². The van der Waals surface area contributed by atoms with Gasteiger partial charge in [0.15, 0.2) is 11.4 Å². The molecule has 0 atom stereocenters. The van der Waals surface area contributed by atoms with E-state index in [0.29, 0.717) is 25.8 Å². The van der Waals surface area contributed by atoms with Crippen molar-refractivity contribution in [3.05, 3.63) is 61.4 Å². The number of non-ortho nitro benzene ring substituents is 1. The number of terminal acetylenes is 1. The Labute approximate surface area is 172 Å². The number of amides is 1. The highest BCUT2D eigenvalue weighted by Crippen LogP contribution is 2.27. The van der Waals surface area contributed by atoms with Gasteiger partial charge in [0.25, 0.3) is 11.6 Å². The van der Waals surface area contributed by atoms with Crippen molar-refractivity contribution in [3.8, 4) is 18.1 Å². The second-order valence-electron chi connectivity index (χ2n) is 5.45. The number of nitro benzene ring substituents is 1. The molecule has 0 aliphatic rings. The molecule has 0 bridgehead atoms. The molecule has 3 aromatic rings. The van der Waals surface area contributed by atoms with Crippen LogP contribution in [0.5, 0.6) is 5.75 Å². The summed E-state index contributed by atoms with van der Waals surface area (Å²) in [7, 11) is 0. The average Bonchev–Trinajstić information content (AvgIpc) is 2.97. The van der Waals surface area contributed by atoms with Gasteiger partial charge in [-0.3, -0.25) is 14.9 Å². The van der Waals surface area contributed by atoms with E-state index in [4.69, 9.17) is 34.4 Å². The molecule has 0 N–H and O–H groups in total. The van der Waals surface area contributed by atoms with Crippen LogP contribution in [0.2, 0.25) is 10.0 Å². The predicted octanol–water partition coefficient (Wildman–Crippen LogP) is 4.06. The molecule has 0 unspecified atom stereocenters. The first-order chi connectivity index (χ1) is 13.4. The van der Waals surface area contributed by atoms with Gasteiger partial charge >= 0.3 is 0 Å². The first kappa shape index (κ1) is 19.9. The molecule has 7 nitrogen and oxygen atoms in total. The lowest BCUT2D eigenvalue weighted by molar-refractivity contribution is -0.384. The number of aromatic nitrogens is 1. The highest BCUT2D eigenvalue weighted by Gasteiger charge is 2.13. The summed E-state index contributed by atoms with van der Waals surface area (Å²) in [6.07, 6.45) is 5.40. The van der Waals surface area contributed by atoms with E-state index in [1.54, 1.807) is 22.8 Å². The van der Waals surface area contributed by atoms with E-state index in [9.17, 15) is 14.9 Å². The zero-order valence-electron chi connectivity index (χ0n) is 14.1. The molecule has 0 fully saturated rings. The topological polar surface area (TPSA) is 86.7 Å². The Morgan fingerprint density at radius 1 is 1.32 bits per heavy atom. The maximum atomic E-state index is 12.2. The highest BCUT2D eigenvalue weighted by atomic mass is 35.5. The molecule has 3 rings (SSSR count). The molecule has 1 aromatic heterocycles. The molecule has 0 saturated carbocycles. The fraction of sp³-hybridized carbons (Fsp3) is 0.111. The van der Waals surface area contributed by atoms with Crippen LogP contribution in [-0.4, -0.2) is 22.0 Å². The lowest BCUT2D eigenvalue weighted by atomic mass is 10.3. The van der Waals surface area contributed by atoms with E-state index in [0.717, 1.165) is 11.3 Å². The second kappa shape index (κ2) is 8.44. The number of hydrogen-bond acceptors (Lipinski definition) is 5. The van der Waals surface area contributed by atoms with E-state index in [1.165, 1.54) is 18.2 Å². The van der Waals surface area contributed by atoms with Gasteiger partial charge in [-0.2, -0.15) is 4.99 Å². The molecule has 0 aliphatic carbocycles. The number of carbonyl (C=O) groups excluding carboxylic acids is 1. The number of thiazole rings is 1. The standard InChI is InChI=1S/C18H11Cl2N3O4S/c1-2-7-22-14-5-4-12(23(25)26)9-16(14)28-18(22)21-17(24)10-27-15-6-3-11(19)8-13(15)20/h1,3-6,8-9H,7,10H2. The van der Waals surface area contributed by atoms with Crippen LogP contribution in [0.15, 0.2) is 41.4 Å². The number of nitro groups is 1. The quantitative estimate of drug-likeness (QED) is 0.343. The molecule has 10 heteroatoms. The summed E-state index contributed by atoms with van der Waals surface area (Å²) in [6, 6.07) is 9.01. The van der Waals surface area contributed by atoms with Gasteiger partial charge in [0.2, 0.25) is 0 Å². The predicted molar refractivity (Wildman–Crippen MR) is 108 cm³/mol. The van der Waals surface area contributed by atoms with Crippen molar-refractivity contribution >= 4 is 56.3 Å². The summed E-state index contributed by atoms with van der Waals surface area (Å²) >= 11 is 12.9. The summed E-state index contributed by atoms with van der Waals surface area (Å²) in [5.41, 5.74) is 0.599. The monoisotopic (exact) mass is 435 g/mol. The molecule has 2 aromatic carbocycles. The minimum Gasteiger partial charge on any atom is -0.482 e. The van der Waals surface area contributed by atoms with Crippen molar-refractivity contribution in [1.82, 2.24) is 4.57 Å². The number of carbonyl (C=O) groups is 1. The lowest BCUT2D eigenvalue weighted by Gasteiger charge is -2.05. The Morgan fingerprint density at radius 3 is 2.79 bits per heavy atom. The molecule has 1 heterocycles. The van der Waals surface area contributed by atoms with Gasteiger partial charge in [-0.25, -0.2) is 0 Å². The maximum absolute atomic E-state index is 12.2. The summed E-state index contributed by atoms with van der Waals surface area (Å²) < 4.78 is 7.61. The van der Waals surface area contributed by atoms with Crippen molar-refractivity contribution in [2.24, 2.45) is 4.99 Å².